The zero-order valence-electron chi connectivity index (χ0n) is 14.6. The number of rotatable bonds is 6. The van der Waals surface area contributed by atoms with Crippen molar-refractivity contribution in [2.45, 2.75) is 20.3 Å². The lowest BCUT2D eigenvalue weighted by Crippen LogP contribution is -2.22. The van der Waals surface area contributed by atoms with Gasteiger partial charge in [0, 0.05) is 25.4 Å². The Bertz CT molecular complexity index is 906. The lowest BCUT2D eigenvalue weighted by molar-refractivity contribution is -0.118. The molecule has 0 atom stereocenters. The summed E-state index contributed by atoms with van der Waals surface area (Å²) in [6.07, 6.45) is 2.50. The number of amides is 1. The summed E-state index contributed by atoms with van der Waals surface area (Å²) in [6, 6.07) is 9.81. The van der Waals surface area contributed by atoms with Crippen molar-refractivity contribution in [3.63, 3.8) is 0 Å². The van der Waals surface area contributed by atoms with Crippen molar-refractivity contribution >= 4 is 34.0 Å². The van der Waals surface area contributed by atoms with Crippen LogP contribution in [-0.2, 0) is 11.2 Å². The van der Waals surface area contributed by atoms with Gasteiger partial charge in [0.05, 0.1) is 16.3 Å². The van der Waals surface area contributed by atoms with Gasteiger partial charge in [0.1, 0.15) is 0 Å². The van der Waals surface area contributed by atoms with Crippen LogP contribution in [0.2, 0.25) is 0 Å². The monoisotopic (exact) mass is 368 g/mol. The van der Waals surface area contributed by atoms with E-state index in [-0.39, 0.29) is 5.91 Å². The van der Waals surface area contributed by atoms with E-state index >= 15 is 0 Å². The van der Waals surface area contributed by atoms with E-state index in [2.05, 4.69) is 25.6 Å². The Balaban J connectivity index is 1.68. The zero-order chi connectivity index (χ0) is 18.5. The van der Waals surface area contributed by atoms with E-state index in [1.807, 2.05) is 37.3 Å². The van der Waals surface area contributed by atoms with Crippen molar-refractivity contribution in [3.05, 3.63) is 47.8 Å². The summed E-state index contributed by atoms with van der Waals surface area (Å²) < 4.78 is 0. The van der Waals surface area contributed by atoms with Crippen molar-refractivity contribution in [3.8, 4) is 10.6 Å². The van der Waals surface area contributed by atoms with E-state index in [0.717, 1.165) is 33.9 Å². The quantitative estimate of drug-likeness (QED) is 0.618. The Morgan fingerprint density at radius 3 is 2.62 bits per heavy atom. The first-order valence-corrected chi connectivity index (χ1v) is 8.99. The fourth-order valence-electron chi connectivity index (χ4n) is 2.47. The molecule has 2 aromatic heterocycles. The van der Waals surface area contributed by atoms with Gasteiger partial charge < -0.3 is 16.4 Å². The molecule has 3 rings (SSSR count). The van der Waals surface area contributed by atoms with Crippen LogP contribution < -0.4 is 16.4 Å². The molecular formula is C18H20N6OS. The Labute approximate surface area is 155 Å². The van der Waals surface area contributed by atoms with Crippen molar-refractivity contribution < 1.29 is 4.79 Å². The average Bonchev–Trinajstić information content (AvgIpc) is 2.95. The summed E-state index contributed by atoms with van der Waals surface area (Å²) in [6.45, 7) is 4.06. The fraction of sp³-hybridized carbons (Fsp3) is 0.222. The third kappa shape index (κ3) is 4.54. The Morgan fingerprint density at radius 1 is 1.19 bits per heavy atom. The molecular weight excluding hydrogens is 348 g/mol. The van der Waals surface area contributed by atoms with Gasteiger partial charge in [0.15, 0.2) is 5.13 Å². The maximum atomic E-state index is 10.9. The third-order valence-electron chi connectivity index (χ3n) is 3.70. The second-order valence-electron chi connectivity index (χ2n) is 5.79. The largest absolute Gasteiger partial charge is 0.375 e. The number of thiazole rings is 1. The van der Waals surface area contributed by atoms with E-state index in [0.29, 0.717) is 17.6 Å². The second kappa shape index (κ2) is 7.92. The second-order valence-corrected chi connectivity index (χ2v) is 6.82. The van der Waals surface area contributed by atoms with Crippen molar-refractivity contribution in [1.82, 2.24) is 20.3 Å². The zero-order valence-corrected chi connectivity index (χ0v) is 15.4. The number of aryl methyl sites for hydroxylation is 1. The molecule has 3 aromatic rings. The Morgan fingerprint density at radius 2 is 1.96 bits per heavy atom. The van der Waals surface area contributed by atoms with E-state index in [1.54, 1.807) is 6.20 Å². The van der Waals surface area contributed by atoms with Crippen LogP contribution in [0.3, 0.4) is 0 Å². The molecule has 1 aromatic carbocycles. The van der Waals surface area contributed by atoms with Crippen molar-refractivity contribution in [1.29, 1.82) is 0 Å². The molecule has 0 radical (unpaired) electrons. The lowest BCUT2D eigenvalue weighted by Gasteiger charge is -2.08. The van der Waals surface area contributed by atoms with Crippen LogP contribution in [0.5, 0.6) is 0 Å². The topological polar surface area (TPSA) is 106 Å². The molecule has 0 saturated heterocycles. The van der Waals surface area contributed by atoms with E-state index in [4.69, 9.17) is 5.73 Å². The summed E-state index contributed by atoms with van der Waals surface area (Å²) in [5.74, 6) is 0.498. The van der Waals surface area contributed by atoms with E-state index in [1.165, 1.54) is 18.3 Å². The molecule has 134 valence electrons. The molecule has 0 saturated carbocycles. The summed E-state index contributed by atoms with van der Waals surface area (Å²) >= 11 is 1.41. The molecule has 0 aliphatic carbocycles. The molecule has 0 spiro atoms. The minimum atomic E-state index is -0.0155. The van der Waals surface area contributed by atoms with Crippen LogP contribution in [0.1, 0.15) is 18.2 Å². The molecule has 2 heterocycles. The normalized spacial score (nSPS) is 10.5. The summed E-state index contributed by atoms with van der Waals surface area (Å²) in [7, 11) is 0. The Kier molecular flexibility index (Phi) is 5.43. The molecule has 0 aliphatic heterocycles. The standard InChI is InChI=1S/C18H20N6OS/c1-11-16(26-17(19)22-11)15-8-10-21-18(24-15)23-14-5-3-13(4-6-14)7-9-20-12(2)25/h3-6,8,10H,7,9H2,1-2H3,(H2,19,22)(H,20,25)(H,21,23,24). The minimum Gasteiger partial charge on any atom is -0.375 e. The molecule has 0 fully saturated rings. The van der Waals surface area contributed by atoms with Crippen LogP contribution in [0.25, 0.3) is 10.6 Å². The van der Waals surface area contributed by atoms with Crippen LogP contribution in [0, 0.1) is 6.92 Å². The fourth-order valence-corrected chi connectivity index (χ4v) is 3.27. The molecule has 0 bridgehead atoms. The first kappa shape index (κ1) is 17.8. The maximum absolute atomic E-state index is 10.9. The Hall–Kier alpha value is -3.00. The minimum absolute atomic E-state index is 0.0155. The predicted octanol–water partition coefficient (Wildman–Crippen LogP) is 2.91. The summed E-state index contributed by atoms with van der Waals surface area (Å²) in [4.78, 5) is 24.9. The van der Waals surface area contributed by atoms with Crippen molar-refractivity contribution in [2.24, 2.45) is 0 Å². The molecule has 26 heavy (non-hydrogen) atoms. The highest BCUT2D eigenvalue weighted by molar-refractivity contribution is 7.18. The number of hydrogen-bond acceptors (Lipinski definition) is 7. The van der Waals surface area contributed by atoms with Gasteiger partial charge >= 0.3 is 0 Å². The first-order valence-electron chi connectivity index (χ1n) is 8.18. The summed E-state index contributed by atoms with van der Waals surface area (Å²) in [5.41, 5.74) is 9.47. The smallest absolute Gasteiger partial charge is 0.227 e. The molecule has 1 amide bonds. The molecule has 7 nitrogen and oxygen atoms in total. The molecule has 8 heteroatoms. The number of carbonyl (C=O) groups excluding carboxylic acids is 1. The van der Waals surface area contributed by atoms with Gasteiger partial charge in [0.2, 0.25) is 11.9 Å². The van der Waals surface area contributed by atoms with Crippen LogP contribution in [0.15, 0.2) is 36.5 Å². The van der Waals surface area contributed by atoms with Gasteiger partial charge in [-0.25, -0.2) is 15.0 Å². The van der Waals surface area contributed by atoms with Crippen LogP contribution in [-0.4, -0.2) is 27.4 Å². The first-order chi connectivity index (χ1) is 12.5. The van der Waals surface area contributed by atoms with Gasteiger partial charge in [-0.15, -0.1) is 0 Å². The van der Waals surface area contributed by atoms with E-state index in [9.17, 15) is 4.79 Å². The van der Waals surface area contributed by atoms with Crippen LogP contribution in [0.4, 0.5) is 16.8 Å². The number of nitrogens with zero attached hydrogens (tertiary/aromatic N) is 3. The highest BCUT2D eigenvalue weighted by Gasteiger charge is 2.10. The number of anilines is 3. The molecule has 0 unspecified atom stereocenters. The number of hydrogen-bond donors (Lipinski definition) is 3. The van der Waals surface area contributed by atoms with Gasteiger partial charge in [-0.3, -0.25) is 4.79 Å². The SMILES string of the molecule is CC(=O)NCCc1ccc(Nc2nccc(-c3sc(N)nc3C)n2)cc1. The highest BCUT2D eigenvalue weighted by Crippen LogP contribution is 2.30. The molecule has 0 aliphatic rings. The van der Waals surface area contributed by atoms with Gasteiger partial charge in [-0.05, 0) is 37.1 Å². The highest BCUT2D eigenvalue weighted by atomic mass is 32.1. The van der Waals surface area contributed by atoms with Crippen molar-refractivity contribution in [2.75, 3.05) is 17.6 Å². The van der Waals surface area contributed by atoms with Crippen LogP contribution >= 0.6 is 11.3 Å². The van der Waals surface area contributed by atoms with Gasteiger partial charge in [-0.2, -0.15) is 0 Å². The summed E-state index contributed by atoms with van der Waals surface area (Å²) in [5, 5.41) is 6.52. The molecule has 4 N–H and O–H groups in total. The maximum Gasteiger partial charge on any atom is 0.227 e. The predicted molar refractivity (Wildman–Crippen MR) is 104 cm³/mol. The number of benzene rings is 1. The number of nitrogens with one attached hydrogen (secondary N) is 2. The number of nitrogen functional groups attached to an aromatic ring is 1. The van der Waals surface area contributed by atoms with Gasteiger partial charge in [0.25, 0.3) is 0 Å². The average molecular weight is 368 g/mol. The third-order valence-corrected chi connectivity index (χ3v) is 4.71. The number of carbonyl (C=O) groups is 1. The number of aromatic nitrogens is 3. The van der Waals surface area contributed by atoms with E-state index < -0.39 is 0 Å². The van der Waals surface area contributed by atoms with Gasteiger partial charge in [-0.1, -0.05) is 23.5 Å². The lowest BCUT2D eigenvalue weighted by atomic mass is 10.1. The number of nitrogens with two attached hydrogens (primary N) is 1.